The molecular weight excluding hydrogens is 1860 g/mol. The highest BCUT2D eigenvalue weighted by Crippen LogP contribution is 2.32. The molecule has 0 aliphatic carbocycles. The number of nitrogens with one attached hydrogen (secondary N) is 2. The Kier molecular flexibility index (Phi) is 37.5. The Morgan fingerprint density at radius 2 is 0.801 bits per heavy atom. The normalized spacial score (nSPS) is 9.84. The van der Waals surface area contributed by atoms with Crippen LogP contribution >= 0.6 is 68.0 Å². The maximum Gasteiger partial charge on any atom is 0.266 e. The van der Waals surface area contributed by atoms with Gasteiger partial charge in [0.25, 0.3) is 5.69 Å². The molecule has 0 radical (unpaired) electrons. The van der Waals surface area contributed by atoms with Gasteiger partial charge in [0.1, 0.15) is 57.5 Å². The van der Waals surface area contributed by atoms with Crippen molar-refractivity contribution in [2.75, 3.05) is 26.2 Å². The SMILES string of the molecule is COc1ccc(C)cc1-c1ccc(C#Cc2csc(C)n2)cn1.COc1cccc(-c2ccc(C#Cc3csc(C)n3)cn2)c1F.Cc1[nH+]c(C#Cc2ccc(N(C)c3ccccn3)nc2)cs1.Cc1cccc(-c2ccc(C#Cc3csc(C)n3)cn2)c1.Cc1nc(C#Cc2ccc(-c3cc(C#N)ccc3F)[nH+]c2)cs1.Cc1nc(C#Cc2ccc(-c3ccc(F)c(C)c3)nc2)cs1.[Cl-].[Cl-]. The number of thiazole rings is 6. The molecule has 0 aliphatic heterocycles. The van der Waals surface area contributed by atoms with Gasteiger partial charge in [-0.15, -0.1) is 56.7 Å². The van der Waals surface area contributed by atoms with Gasteiger partial charge in [-0.3, -0.25) is 19.9 Å². The number of anilines is 2. The molecule has 0 amide bonds. The molecule has 136 heavy (non-hydrogen) atoms. The number of hydrogen-bond acceptors (Lipinski definition) is 21. The van der Waals surface area contributed by atoms with Crippen molar-refractivity contribution < 1.29 is 57.4 Å². The number of halogens is 5. The minimum absolute atomic E-state index is 0. The van der Waals surface area contributed by atoms with Crippen LogP contribution in [0.15, 0.2) is 264 Å². The third kappa shape index (κ3) is 30.0. The molecule has 0 bridgehead atoms. The molecule has 0 fully saturated rings. The second kappa shape index (κ2) is 50.4. The minimum Gasteiger partial charge on any atom is -1.00 e. The summed E-state index contributed by atoms with van der Waals surface area (Å²) < 4.78 is 51.8. The van der Waals surface area contributed by atoms with E-state index in [0.29, 0.717) is 33.6 Å². The van der Waals surface area contributed by atoms with Crippen molar-refractivity contribution in [2.45, 2.75) is 62.3 Å². The number of nitrogens with zero attached hydrogens (tertiary/aromatic N) is 13. The number of aromatic amines is 2. The summed E-state index contributed by atoms with van der Waals surface area (Å²) in [5.74, 6) is 38.3. The third-order valence-corrected chi connectivity index (χ3v) is 23.6. The Bertz CT molecular complexity index is 7480. The zero-order chi connectivity index (χ0) is 94.2. The lowest BCUT2D eigenvalue weighted by Crippen LogP contribution is -3.00. The van der Waals surface area contributed by atoms with Crippen molar-refractivity contribution in [3.8, 4) is 145 Å². The van der Waals surface area contributed by atoms with Gasteiger partial charge in [-0.25, -0.2) is 53.0 Å². The van der Waals surface area contributed by atoms with Crippen molar-refractivity contribution in [3.63, 3.8) is 0 Å². The largest absolute Gasteiger partial charge is 1.00 e. The number of benzene rings is 5. The van der Waals surface area contributed by atoms with E-state index in [1.165, 1.54) is 42.5 Å². The van der Waals surface area contributed by atoms with E-state index < -0.39 is 5.82 Å². The Labute approximate surface area is 824 Å². The van der Waals surface area contributed by atoms with Gasteiger partial charge in [-0.1, -0.05) is 94.4 Å². The molecule has 0 unspecified atom stereocenters. The first-order chi connectivity index (χ1) is 65.0. The number of methoxy groups -OCH3 is 2. The number of ether oxygens (including phenoxy) is 2. The zero-order valence-corrected chi connectivity index (χ0v) is 81.8. The monoisotopic (exact) mass is 1940 g/mol. The highest BCUT2D eigenvalue weighted by molar-refractivity contribution is 7.10. The fourth-order valence-corrected chi connectivity index (χ4v) is 15.5. The van der Waals surface area contributed by atoms with Crippen LogP contribution < -0.4 is 49.2 Å². The van der Waals surface area contributed by atoms with Crippen molar-refractivity contribution in [1.29, 1.82) is 5.26 Å². The van der Waals surface area contributed by atoms with Gasteiger partial charge in [-0.2, -0.15) is 10.2 Å². The van der Waals surface area contributed by atoms with Crippen LogP contribution in [0.25, 0.3) is 56.3 Å². The molecule has 18 rings (SSSR count). The summed E-state index contributed by atoms with van der Waals surface area (Å²) in [5, 5.41) is 26.8. The first-order valence-corrected chi connectivity index (χ1v) is 46.5. The lowest BCUT2D eigenvalue weighted by Gasteiger charge is -2.16. The van der Waals surface area contributed by atoms with Crippen LogP contribution in [0.3, 0.4) is 0 Å². The maximum absolute atomic E-state index is 14.2. The molecule has 13 heterocycles. The molecule has 13 aromatic heterocycles. The summed E-state index contributed by atoms with van der Waals surface area (Å²) >= 11 is 9.57. The number of aromatic nitrogens is 13. The van der Waals surface area contributed by atoms with Crippen LogP contribution in [0.4, 0.5) is 24.8 Å². The van der Waals surface area contributed by atoms with Gasteiger partial charge < -0.3 is 39.2 Å². The molecule has 2 N–H and O–H groups in total. The third-order valence-electron chi connectivity index (χ3n) is 19.0. The molecule has 0 spiro atoms. The van der Waals surface area contributed by atoms with Gasteiger partial charge in [0, 0.05) is 140 Å². The lowest BCUT2D eigenvalue weighted by molar-refractivity contribution is -0.383. The highest BCUT2D eigenvalue weighted by Gasteiger charge is 2.16. The van der Waals surface area contributed by atoms with Crippen molar-refractivity contribution in [3.05, 3.63) is 401 Å². The molecule has 28 heteroatoms. The predicted octanol–water partition coefficient (Wildman–Crippen LogP) is 17.1. The maximum atomic E-state index is 14.2. The van der Waals surface area contributed by atoms with Gasteiger partial charge in [0.15, 0.2) is 17.8 Å². The van der Waals surface area contributed by atoms with E-state index in [1.54, 1.807) is 168 Å². The van der Waals surface area contributed by atoms with E-state index in [0.717, 1.165) is 149 Å². The summed E-state index contributed by atoms with van der Waals surface area (Å²) in [5.41, 5.74) is 20.8. The fourth-order valence-electron chi connectivity index (χ4n) is 12.2. The van der Waals surface area contributed by atoms with E-state index >= 15 is 0 Å². The van der Waals surface area contributed by atoms with Gasteiger partial charge in [0.2, 0.25) is 10.7 Å². The summed E-state index contributed by atoms with van der Waals surface area (Å²) in [7, 11) is 5.05. The fraction of sp³-hybridized carbons (Fsp3) is 0.111. The second-order valence-corrected chi connectivity index (χ2v) is 35.5. The van der Waals surface area contributed by atoms with Crippen LogP contribution in [-0.4, -0.2) is 76.1 Å². The van der Waals surface area contributed by atoms with Gasteiger partial charge >= 0.3 is 0 Å². The number of aryl methyl sites for hydroxylation is 9. The number of rotatable bonds is 9. The average Bonchev–Trinajstić information content (AvgIpc) is 1.23. The Morgan fingerprint density at radius 1 is 0.353 bits per heavy atom. The zero-order valence-electron chi connectivity index (χ0n) is 75.4. The van der Waals surface area contributed by atoms with Gasteiger partial charge in [0.05, 0.1) is 90.2 Å². The van der Waals surface area contributed by atoms with E-state index in [9.17, 15) is 13.2 Å². The van der Waals surface area contributed by atoms with Crippen LogP contribution in [0.2, 0.25) is 0 Å². The predicted molar refractivity (Wildman–Crippen MR) is 531 cm³/mol. The van der Waals surface area contributed by atoms with Crippen LogP contribution in [0.5, 0.6) is 11.5 Å². The number of H-pyrrole nitrogens is 2. The van der Waals surface area contributed by atoms with E-state index in [2.05, 4.69) is 174 Å². The summed E-state index contributed by atoms with van der Waals surface area (Å²) in [6.07, 6.45) is 12.2. The molecule has 5 aromatic carbocycles. The van der Waals surface area contributed by atoms with Crippen molar-refractivity contribution in [2.24, 2.45) is 0 Å². The summed E-state index contributed by atoms with van der Waals surface area (Å²) in [4.78, 5) is 56.1. The van der Waals surface area contributed by atoms with Crippen molar-refractivity contribution >= 4 is 79.7 Å². The van der Waals surface area contributed by atoms with Crippen LogP contribution in [-0.2, 0) is 0 Å². The molecule has 0 atom stereocenters. The Hall–Kier alpha value is -15.5. The molecule has 17 nitrogen and oxygen atoms in total. The summed E-state index contributed by atoms with van der Waals surface area (Å²) in [6, 6.07) is 59.2. The van der Waals surface area contributed by atoms with E-state index in [-0.39, 0.29) is 42.2 Å². The first kappa shape index (κ1) is 101. The lowest BCUT2D eigenvalue weighted by atomic mass is 10.1. The quantitative estimate of drug-likeness (QED) is 0.123. The highest BCUT2D eigenvalue weighted by atomic mass is 35.5. The smallest absolute Gasteiger partial charge is 0.266 e. The molecular formula is C108H82Cl2F3N15O2S6. The average molecular weight is 1940 g/mol. The molecule has 672 valence electrons. The Morgan fingerprint density at radius 3 is 1.23 bits per heavy atom. The Balaban J connectivity index is 0.000000156. The molecule has 0 saturated carbocycles. The number of hydrogen-bond donors (Lipinski definition) is 0. The molecule has 0 aliphatic rings. The van der Waals surface area contributed by atoms with E-state index in [1.807, 2.05) is 189 Å². The standard InChI is InChI=1S/C19H16N2OS.C18H10FN3S.C18H13FN2OS.C18H13FN2S.C18H14N2S.C17H14N4S.2ClH/c1-13-4-9-19(22-3)17(10-13)18-8-6-15(11-20-18)5-7-16-12-23-14(2)21-16;1-12-22-15(11-23-12)5-2-13-4-7-18(21-10-13)16-8-14(9-20)3-6-17(16)19;1-12-21-14(11-23-12)8-6-13-7-9-16(20-10-13)15-4-3-5-17(22-2)18(15)19;1-12-9-15(5-7-17(12)19)18-8-4-14(10-20-18)3-6-16-11-22-13(2)21-16;1-13-4-3-5-16(10-13)18-9-7-15(11-19-18)6-8-17-12-21-14(2)20-17;1-13-20-15(12-22-13)8-6-14-7-9-17(19-11-14)21(2)16-5-3-4-10-18-16;;/h4,6,8-12H,1-3H3;3-4,6-8,10-11H,1H3;3-5,7,9-11H,1-2H3;4-5,7-11H,1-2H3;3-5,7,9-12H,1-2H3;3-5,7,9-12H,1-2H3;2*1H. The molecule has 0 saturated heterocycles. The number of pyridine rings is 7. The van der Waals surface area contributed by atoms with Crippen LogP contribution in [0.1, 0.15) is 120 Å². The topological polar surface area (TPSA) is 216 Å². The first-order valence-electron chi connectivity index (χ1n) is 41.2. The summed E-state index contributed by atoms with van der Waals surface area (Å²) in [6.45, 7) is 17.7. The van der Waals surface area contributed by atoms with Crippen LogP contribution in [0, 0.1) is 162 Å². The van der Waals surface area contributed by atoms with Gasteiger partial charge in [-0.05, 0) is 236 Å². The van der Waals surface area contributed by atoms with E-state index in [4.69, 9.17) is 14.7 Å². The minimum atomic E-state index is -0.417. The van der Waals surface area contributed by atoms with Crippen molar-refractivity contribution in [1.82, 2.24) is 54.8 Å². The number of nitriles is 1. The second-order valence-electron chi connectivity index (χ2n) is 29.1. The molecule has 18 aromatic rings.